The molecule has 0 aliphatic rings. The van der Waals surface area contributed by atoms with Gasteiger partial charge >= 0.3 is 0 Å². The summed E-state index contributed by atoms with van der Waals surface area (Å²) in [5.74, 6) is -0.178. The molecule has 0 aliphatic heterocycles. The Morgan fingerprint density at radius 3 is 2.68 bits per heavy atom. The van der Waals surface area contributed by atoms with E-state index >= 15 is 0 Å². The summed E-state index contributed by atoms with van der Waals surface area (Å²) in [4.78, 5) is 24.2. The van der Waals surface area contributed by atoms with Gasteiger partial charge in [-0.25, -0.2) is 4.98 Å². The molecule has 0 fully saturated rings. The molecule has 4 rings (SSSR count). The number of hydrogen-bond acceptors (Lipinski definition) is 5. The standard InChI is InChI=1S/C21H21N5OS/c1-13-9-14(2)19-17(10-13)23-21(28-19)26(12-16-7-5-6-8-22-16)20(27)18-11-15(3)25(4)24-18/h5-11H,12H2,1-4H3. The van der Waals surface area contributed by atoms with Gasteiger partial charge < -0.3 is 0 Å². The van der Waals surface area contributed by atoms with Crippen molar-refractivity contribution in [2.24, 2.45) is 7.05 Å². The van der Waals surface area contributed by atoms with Crippen molar-refractivity contribution in [1.82, 2.24) is 19.7 Å². The fraction of sp³-hybridized carbons (Fsp3) is 0.238. The predicted molar refractivity (Wildman–Crippen MR) is 112 cm³/mol. The molecule has 0 spiro atoms. The van der Waals surface area contributed by atoms with Crippen LogP contribution in [-0.4, -0.2) is 25.7 Å². The van der Waals surface area contributed by atoms with Crippen LogP contribution in [0.4, 0.5) is 5.13 Å². The van der Waals surface area contributed by atoms with Crippen LogP contribution in [0.15, 0.2) is 42.6 Å². The first-order valence-electron chi connectivity index (χ1n) is 9.02. The van der Waals surface area contributed by atoms with Crippen molar-refractivity contribution < 1.29 is 4.79 Å². The Balaban J connectivity index is 1.80. The lowest BCUT2D eigenvalue weighted by atomic mass is 10.1. The maximum absolute atomic E-state index is 13.3. The second-order valence-electron chi connectivity index (χ2n) is 6.93. The molecule has 7 heteroatoms. The van der Waals surface area contributed by atoms with Gasteiger partial charge in [-0.15, -0.1) is 0 Å². The zero-order chi connectivity index (χ0) is 19.8. The van der Waals surface area contributed by atoms with E-state index in [9.17, 15) is 4.79 Å². The summed E-state index contributed by atoms with van der Waals surface area (Å²) in [6.45, 7) is 6.40. The Hall–Kier alpha value is -3.06. The Morgan fingerprint density at radius 2 is 2.00 bits per heavy atom. The SMILES string of the molecule is Cc1cc(C)c2sc(N(Cc3ccccn3)C(=O)c3cc(C)n(C)n3)nc2c1. The fourth-order valence-electron chi connectivity index (χ4n) is 3.16. The predicted octanol–water partition coefficient (Wildman–Crippen LogP) is 4.20. The van der Waals surface area contributed by atoms with Crippen LogP contribution >= 0.6 is 11.3 Å². The van der Waals surface area contributed by atoms with E-state index in [4.69, 9.17) is 4.98 Å². The minimum Gasteiger partial charge on any atom is -0.276 e. The summed E-state index contributed by atoms with van der Waals surface area (Å²) in [5.41, 5.74) is 5.37. The number of carbonyl (C=O) groups excluding carboxylic acids is 1. The smallest absolute Gasteiger partial charge is 0.276 e. The third kappa shape index (κ3) is 3.41. The van der Waals surface area contributed by atoms with Crippen molar-refractivity contribution in [3.8, 4) is 0 Å². The normalized spacial score (nSPS) is 11.1. The minimum atomic E-state index is -0.178. The van der Waals surface area contributed by atoms with E-state index in [-0.39, 0.29) is 5.91 Å². The zero-order valence-corrected chi connectivity index (χ0v) is 17.1. The van der Waals surface area contributed by atoms with Crippen molar-refractivity contribution in [3.63, 3.8) is 0 Å². The summed E-state index contributed by atoms with van der Waals surface area (Å²) in [7, 11) is 1.83. The summed E-state index contributed by atoms with van der Waals surface area (Å²) < 4.78 is 2.80. The second kappa shape index (κ2) is 7.16. The van der Waals surface area contributed by atoms with Crippen LogP contribution in [0.1, 0.15) is 33.0 Å². The van der Waals surface area contributed by atoms with Gasteiger partial charge in [-0.2, -0.15) is 5.10 Å². The maximum atomic E-state index is 13.3. The van der Waals surface area contributed by atoms with Gasteiger partial charge in [0.25, 0.3) is 5.91 Å². The third-order valence-electron chi connectivity index (χ3n) is 4.66. The van der Waals surface area contributed by atoms with E-state index < -0.39 is 0 Å². The van der Waals surface area contributed by atoms with E-state index in [2.05, 4.69) is 36.1 Å². The highest BCUT2D eigenvalue weighted by Crippen LogP contribution is 2.33. The molecular weight excluding hydrogens is 370 g/mol. The molecule has 4 aromatic rings. The van der Waals surface area contributed by atoms with Crippen LogP contribution in [-0.2, 0) is 13.6 Å². The van der Waals surface area contributed by atoms with E-state index in [1.165, 1.54) is 11.3 Å². The lowest BCUT2D eigenvalue weighted by molar-refractivity contribution is 0.0979. The van der Waals surface area contributed by atoms with Gasteiger partial charge in [-0.1, -0.05) is 23.5 Å². The number of pyridine rings is 1. The van der Waals surface area contributed by atoms with Crippen molar-refractivity contribution in [2.75, 3.05) is 4.90 Å². The number of aryl methyl sites for hydroxylation is 4. The molecule has 6 nitrogen and oxygen atoms in total. The van der Waals surface area contributed by atoms with E-state index in [0.29, 0.717) is 17.4 Å². The van der Waals surface area contributed by atoms with Crippen LogP contribution in [0.5, 0.6) is 0 Å². The van der Waals surface area contributed by atoms with Gasteiger partial charge in [0.2, 0.25) is 0 Å². The number of rotatable bonds is 4. The maximum Gasteiger partial charge on any atom is 0.280 e. The molecule has 0 saturated heterocycles. The number of anilines is 1. The summed E-state index contributed by atoms with van der Waals surface area (Å²) in [6.07, 6.45) is 1.73. The van der Waals surface area contributed by atoms with Crippen LogP contribution in [0, 0.1) is 20.8 Å². The molecule has 0 aliphatic carbocycles. The fourth-order valence-corrected chi connectivity index (χ4v) is 4.18. The number of hydrogen-bond donors (Lipinski definition) is 0. The zero-order valence-electron chi connectivity index (χ0n) is 16.3. The molecule has 0 atom stereocenters. The van der Waals surface area contributed by atoms with Crippen LogP contribution < -0.4 is 4.90 Å². The molecule has 1 amide bonds. The average Bonchev–Trinajstić information content (AvgIpc) is 3.23. The van der Waals surface area contributed by atoms with E-state index in [1.807, 2.05) is 32.2 Å². The van der Waals surface area contributed by atoms with Crippen molar-refractivity contribution in [1.29, 1.82) is 0 Å². The topological polar surface area (TPSA) is 63.9 Å². The van der Waals surface area contributed by atoms with Gasteiger partial charge in [0.15, 0.2) is 10.8 Å². The molecule has 1 aromatic carbocycles. The lowest BCUT2D eigenvalue weighted by Gasteiger charge is -2.18. The lowest BCUT2D eigenvalue weighted by Crippen LogP contribution is -2.31. The molecule has 3 aromatic heterocycles. The number of aromatic nitrogens is 4. The van der Waals surface area contributed by atoms with Crippen LogP contribution in [0.2, 0.25) is 0 Å². The number of amides is 1. The first-order chi connectivity index (χ1) is 13.4. The van der Waals surface area contributed by atoms with Crippen LogP contribution in [0.25, 0.3) is 10.2 Å². The largest absolute Gasteiger partial charge is 0.280 e. The summed E-state index contributed by atoms with van der Waals surface area (Å²) >= 11 is 1.53. The molecule has 28 heavy (non-hydrogen) atoms. The van der Waals surface area contributed by atoms with E-state index in [1.54, 1.807) is 21.8 Å². The highest BCUT2D eigenvalue weighted by Gasteiger charge is 2.25. The summed E-state index contributed by atoms with van der Waals surface area (Å²) in [5, 5.41) is 5.02. The van der Waals surface area contributed by atoms with Gasteiger partial charge in [-0.05, 0) is 56.2 Å². The monoisotopic (exact) mass is 391 g/mol. The Labute approximate surface area is 167 Å². The molecule has 0 N–H and O–H groups in total. The molecule has 0 unspecified atom stereocenters. The molecule has 0 saturated carbocycles. The number of carbonyl (C=O) groups is 1. The number of benzene rings is 1. The highest BCUT2D eigenvalue weighted by molar-refractivity contribution is 7.22. The van der Waals surface area contributed by atoms with Gasteiger partial charge in [-0.3, -0.25) is 19.4 Å². The van der Waals surface area contributed by atoms with Crippen molar-refractivity contribution in [2.45, 2.75) is 27.3 Å². The number of nitrogens with zero attached hydrogens (tertiary/aromatic N) is 5. The van der Waals surface area contributed by atoms with E-state index in [0.717, 1.165) is 32.7 Å². The first-order valence-corrected chi connectivity index (χ1v) is 9.84. The second-order valence-corrected chi connectivity index (χ2v) is 7.91. The molecule has 142 valence electrons. The Morgan fingerprint density at radius 1 is 1.18 bits per heavy atom. The Kier molecular flexibility index (Phi) is 4.68. The molecule has 0 radical (unpaired) electrons. The molecular formula is C21H21N5OS. The van der Waals surface area contributed by atoms with Gasteiger partial charge in [0.05, 0.1) is 22.5 Å². The summed E-state index contributed by atoms with van der Waals surface area (Å²) in [6, 6.07) is 11.7. The quantitative estimate of drug-likeness (QED) is 0.523. The van der Waals surface area contributed by atoms with Crippen molar-refractivity contribution >= 4 is 32.6 Å². The number of thiazole rings is 1. The van der Waals surface area contributed by atoms with Crippen molar-refractivity contribution in [3.05, 3.63) is 70.8 Å². The third-order valence-corrected chi connectivity index (χ3v) is 5.89. The molecule has 0 bridgehead atoms. The minimum absolute atomic E-state index is 0.178. The Bertz CT molecular complexity index is 1140. The average molecular weight is 392 g/mol. The van der Waals surface area contributed by atoms with Gasteiger partial charge in [0, 0.05) is 18.9 Å². The van der Waals surface area contributed by atoms with Crippen LogP contribution in [0.3, 0.4) is 0 Å². The highest BCUT2D eigenvalue weighted by atomic mass is 32.1. The number of fused-ring (bicyclic) bond motifs is 1. The first kappa shape index (κ1) is 18.3. The molecule has 3 heterocycles. The van der Waals surface area contributed by atoms with Gasteiger partial charge in [0.1, 0.15) is 0 Å².